The normalized spacial score (nSPS) is 10.7. The molecule has 1 atom stereocenters. The number of carboxylic acids is 2. The van der Waals surface area contributed by atoms with Crippen LogP contribution in [0, 0.1) is 22.7 Å². The molecule has 266 valence electrons. The fraction of sp³-hybridized carbons (Fsp3) is 0.235. The molecule has 2 heterocycles. The van der Waals surface area contributed by atoms with E-state index in [1.54, 1.807) is 36.4 Å². The fourth-order valence-electron chi connectivity index (χ4n) is 4.54. The van der Waals surface area contributed by atoms with Crippen LogP contribution in [0.5, 0.6) is 5.75 Å². The monoisotopic (exact) mass is 796 g/mol. The number of ether oxygens (including phenoxy) is 2. The van der Waals surface area contributed by atoms with Gasteiger partial charge in [-0.25, -0.2) is 14.8 Å². The fourth-order valence-corrected chi connectivity index (χ4v) is 6.49. The maximum atomic E-state index is 12.1. The number of aromatic nitrogens is 2. The second-order valence-corrected chi connectivity index (χ2v) is 12.8. The van der Waals surface area contributed by atoms with Gasteiger partial charge in [-0.15, -0.1) is 11.3 Å². The number of rotatable bonds is 17. The molecule has 4 aromatic rings. The van der Waals surface area contributed by atoms with Gasteiger partial charge in [0, 0.05) is 40.1 Å². The van der Waals surface area contributed by atoms with Crippen LogP contribution in [0.2, 0.25) is 5.02 Å². The summed E-state index contributed by atoms with van der Waals surface area (Å²) >= 11 is 8.75. The summed E-state index contributed by atoms with van der Waals surface area (Å²) < 4.78 is 10.7. The summed E-state index contributed by atoms with van der Waals surface area (Å²) in [5, 5.41) is 43.9. The maximum absolute atomic E-state index is 12.1. The summed E-state index contributed by atoms with van der Waals surface area (Å²) in [7, 11) is 0. The molecule has 19 heteroatoms. The number of carbonyl (C=O) groups is 4. The number of esters is 1. The average Bonchev–Trinajstić information content (AvgIpc) is 3.59. The number of amides is 1. The quantitative estimate of drug-likeness (QED) is 0.0457. The average molecular weight is 797 g/mol. The number of hydrogen-bond acceptors (Lipinski definition) is 13. The molecule has 1 amide bonds. The Labute approximate surface area is 364 Å². The zero-order valence-electron chi connectivity index (χ0n) is 30.6. The number of anilines is 1. The van der Waals surface area contributed by atoms with E-state index in [0.29, 0.717) is 32.7 Å². The van der Waals surface area contributed by atoms with Crippen molar-refractivity contribution >= 4 is 64.3 Å². The Kier molecular flexibility index (Phi) is 19.3. The molecule has 2 aromatic heterocycles. The first kappa shape index (κ1) is 45.5. The van der Waals surface area contributed by atoms with E-state index in [-0.39, 0.29) is 111 Å². The molecule has 5 N–H and O–H groups in total. The minimum atomic E-state index is -1.38. The Hall–Kier alpha value is -3.68. The van der Waals surface area contributed by atoms with Gasteiger partial charge in [-0.1, -0.05) is 47.6 Å². The first-order valence-corrected chi connectivity index (χ1v) is 17.3. The van der Waals surface area contributed by atoms with Crippen molar-refractivity contribution in [3.63, 3.8) is 0 Å². The minimum absolute atomic E-state index is 0. The van der Waals surface area contributed by atoms with Crippen molar-refractivity contribution < 1.29 is 101 Å². The van der Waals surface area contributed by atoms with Crippen molar-refractivity contribution in [3.8, 4) is 39.6 Å². The number of carbonyl (C=O) groups excluding carboxylic acids is 2. The van der Waals surface area contributed by atoms with Crippen molar-refractivity contribution in [1.29, 1.82) is 10.5 Å². The molecule has 0 fully saturated rings. The van der Waals surface area contributed by atoms with Gasteiger partial charge in [0.25, 0.3) is 0 Å². The number of nitrogens with two attached hydrogens (primary N) is 1. The van der Waals surface area contributed by atoms with E-state index < -0.39 is 36.3 Å². The number of carboxylic acid groups (broad SMARTS) is 2. The van der Waals surface area contributed by atoms with Crippen LogP contribution in [0.1, 0.15) is 45.4 Å². The van der Waals surface area contributed by atoms with E-state index in [1.807, 2.05) is 17.5 Å². The molecule has 0 spiro atoms. The van der Waals surface area contributed by atoms with E-state index in [0.717, 1.165) is 16.3 Å². The molecule has 4 rings (SSSR count). The smallest absolute Gasteiger partial charge is 1.00 e. The number of thiazole rings is 1. The number of nitrogen functional groups attached to an aromatic ring is 1. The Bertz CT molecular complexity index is 2020. The second kappa shape index (κ2) is 22.5. The first-order valence-electron chi connectivity index (χ1n) is 15.1. The zero-order valence-corrected chi connectivity index (χ0v) is 35.0. The van der Waals surface area contributed by atoms with Gasteiger partial charge in [0.15, 0.2) is 0 Å². The Morgan fingerprint density at radius 2 is 1.60 bits per heavy atom. The number of thioether (sulfide) groups is 1. The summed E-state index contributed by atoms with van der Waals surface area (Å²) in [5.74, 6) is -3.26. The van der Waals surface area contributed by atoms with Crippen LogP contribution in [-0.2, 0) is 29.7 Å². The molecule has 0 bridgehead atoms. The van der Waals surface area contributed by atoms with Crippen LogP contribution in [0.25, 0.3) is 21.7 Å². The zero-order chi connectivity index (χ0) is 36.9. The number of nitrogens with one attached hydrogen (secondary N) is 1. The Morgan fingerprint density at radius 3 is 2.23 bits per heavy atom. The van der Waals surface area contributed by atoms with Crippen molar-refractivity contribution in [2.75, 3.05) is 18.9 Å². The molecule has 0 unspecified atom stereocenters. The van der Waals surface area contributed by atoms with E-state index in [4.69, 9.17) is 31.9 Å². The van der Waals surface area contributed by atoms with Gasteiger partial charge in [0.05, 0.1) is 17.7 Å². The second-order valence-electron chi connectivity index (χ2n) is 10.6. The predicted octanol–water partition coefficient (Wildman–Crippen LogP) is -0.487. The third-order valence-electron chi connectivity index (χ3n) is 7.01. The van der Waals surface area contributed by atoms with E-state index in [1.165, 1.54) is 23.1 Å². The number of nitriles is 2. The van der Waals surface area contributed by atoms with E-state index >= 15 is 0 Å². The molecular weight excluding hydrogens is 766 g/mol. The molecule has 0 saturated carbocycles. The van der Waals surface area contributed by atoms with Gasteiger partial charge >= 0.3 is 77.0 Å². The number of halogens is 1. The molecule has 0 aliphatic rings. The topological polar surface area (TPSA) is 239 Å². The Morgan fingerprint density at radius 1 is 0.943 bits per heavy atom. The number of benzene rings is 2. The van der Waals surface area contributed by atoms with Gasteiger partial charge in [-0.3, -0.25) is 14.4 Å². The SMILES string of the molecule is N#Cc1c(N)nc(SCc2csc(-c3ccc(Cl)cc3)n2)c(C#N)c1-c1ccc(OCCOC(=O)CC[C@H](NC(=O)CCC(=O)O)C(=O)O)cc1.[H-].[H-].[Na+].[Na+]. The van der Waals surface area contributed by atoms with Gasteiger partial charge < -0.3 is 33.6 Å². The molecule has 2 aromatic carbocycles. The van der Waals surface area contributed by atoms with E-state index in [2.05, 4.69) is 27.4 Å². The summed E-state index contributed by atoms with van der Waals surface area (Å²) in [6.45, 7) is -0.187. The number of aliphatic carboxylic acids is 2. The molecule has 0 saturated heterocycles. The summed E-state index contributed by atoms with van der Waals surface area (Å²) in [5.41, 5.74) is 8.97. The van der Waals surface area contributed by atoms with Gasteiger partial charge in [-0.05, 0) is 36.2 Å². The standard InChI is InChI=1S/C34H29ClN6O8S2.2Na.2H/c35-21-5-1-20(2-6-21)32-39-22(17-50-32)18-51-33-25(16-37)30(24(15-36)31(38)41-33)19-3-7-23(8-4-19)48-13-14-49-29(45)12-9-26(34(46)47)40-27(42)10-11-28(43)44;;;;/h1-8,17,26H,9-14,18H2,(H2,38,41)(H,40,42)(H,43,44)(H,46,47);;;;/q;2*+1;2*-1/t26-;;;;/m0..../s1. The predicted molar refractivity (Wildman–Crippen MR) is 190 cm³/mol. The van der Waals surface area contributed by atoms with Crippen LogP contribution >= 0.6 is 34.7 Å². The molecule has 0 radical (unpaired) electrons. The summed E-state index contributed by atoms with van der Waals surface area (Å²) in [4.78, 5) is 54.9. The maximum Gasteiger partial charge on any atom is 1.00 e. The minimum Gasteiger partial charge on any atom is -1.00 e. The van der Waals surface area contributed by atoms with Gasteiger partial charge in [0.1, 0.15) is 58.6 Å². The number of nitrogens with zero attached hydrogens (tertiary/aromatic N) is 4. The van der Waals surface area contributed by atoms with Crippen LogP contribution in [-0.4, -0.2) is 63.3 Å². The van der Waals surface area contributed by atoms with Crippen LogP contribution < -0.4 is 74.9 Å². The van der Waals surface area contributed by atoms with Crippen molar-refractivity contribution in [3.05, 3.63) is 75.8 Å². The number of hydrogen-bond donors (Lipinski definition) is 4. The Balaban J connectivity index is 0.00000729. The first-order chi connectivity index (χ1) is 24.5. The molecule has 53 heavy (non-hydrogen) atoms. The summed E-state index contributed by atoms with van der Waals surface area (Å²) in [6, 6.07) is 16.7. The van der Waals surface area contributed by atoms with Gasteiger partial charge in [0.2, 0.25) is 5.91 Å². The van der Waals surface area contributed by atoms with E-state index in [9.17, 15) is 34.8 Å². The molecular formula is C34H31ClN6Na2O8S2. The molecule has 0 aliphatic heterocycles. The third kappa shape index (κ3) is 13.6. The van der Waals surface area contributed by atoms with Crippen molar-refractivity contribution in [2.45, 2.75) is 42.5 Å². The van der Waals surface area contributed by atoms with Gasteiger partial charge in [-0.2, -0.15) is 10.5 Å². The largest absolute Gasteiger partial charge is 1.00 e. The van der Waals surface area contributed by atoms with Crippen LogP contribution in [0.3, 0.4) is 0 Å². The van der Waals surface area contributed by atoms with Crippen LogP contribution in [0.15, 0.2) is 58.9 Å². The molecule has 0 aliphatic carbocycles. The van der Waals surface area contributed by atoms with Crippen LogP contribution in [0.4, 0.5) is 5.82 Å². The number of pyridine rings is 1. The third-order valence-corrected chi connectivity index (χ3v) is 9.21. The van der Waals surface area contributed by atoms with Crippen molar-refractivity contribution in [1.82, 2.24) is 15.3 Å². The molecule has 14 nitrogen and oxygen atoms in total. The summed E-state index contributed by atoms with van der Waals surface area (Å²) in [6.07, 6.45) is -1.40. The van der Waals surface area contributed by atoms with Crippen molar-refractivity contribution in [2.24, 2.45) is 0 Å².